The van der Waals surface area contributed by atoms with E-state index in [0.717, 1.165) is 42.8 Å². The normalized spacial score (nSPS) is 14.2. The molecule has 0 aliphatic rings. The summed E-state index contributed by atoms with van der Waals surface area (Å²) in [4.78, 5) is 19.1. The Bertz CT molecular complexity index is 556. The summed E-state index contributed by atoms with van der Waals surface area (Å²) < 4.78 is 6.66. The molecule has 0 spiro atoms. The monoisotopic (exact) mass is 427 g/mol. The number of alkyl carbamates (subject to hydrolysis) is 1. The third-order valence-electron chi connectivity index (χ3n) is 4.33. The number of likely N-dealkylation sites (N-methyl/N-ethyl adjacent to an activating group) is 1. The van der Waals surface area contributed by atoms with Crippen molar-refractivity contribution in [3.63, 3.8) is 0 Å². The lowest BCUT2D eigenvalue weighted by Gasteiger charge is -2.31. The van der Waals surface area contributed by atoms with Crippen molar-refractivity contribution in [1.29, 1.82) is 0 Å². The van der Waals surface area contributed by atoms with Gasteiger partial charge in [-0.2, -0.15) is 0 Å². The van der Waals surface area contributed by atoms with Gasteiger partial charge in [0.2, 0.25) is 0 Å². The lowest BCUT2D eigenvalue weighted by Crippen LogP contribution is -2.46. The number of hydrogen-bond acceptors (Lipinski definition) is 4. The molecule has 1 aromatic heterocycles. The topological polar surface area (TPSA) is 54.5 Å². The van der Waals surface area contributed by atoms with E-state index in [4.69, 9.17) is 4.74 Å². The highest BCUT2D eigenvalue weighted by atomic mass is 79.9. The van der Waals surface area contributed by atoms with Gasteiger partial charge in [0.1, 0.15) is 10.7 Å². The van der Waals surface area contributed by atoms with Crippen molar-refractivity contribution in [3.05, 3.63) is 28.5 Å². The van der Waals surface area contributed by atoms with Gasteiger partial charge in [0, 0.05) is 17.8 Å². The van der Waals surface area contributed by atoms with Gasteiger partial charge in [-0.3, -0.25) is 0 Å². The van der Waals surface area contributed by atoms with Crippen LogP contribution in [-0.2, 0) is 11.2 Å². The van der Waals surface area contributed by atoms with Crippen molar-refractivity contribution >= 4 is 22.0 Å². The molecule has 2 unspecified atom stereocenters. The molecule has 0 aliphatic heterocycles. The summed E-state index contributed by atoms with van der Waals surface area (Å²) in [6, 6.07) is 5.96. The fourth-order valence-electron chi connectivity index (χ4n) is 2.69. The van der Waals surface area contributed by atoms with Crippen LogP contribution in [0.3, 0.4) is 0 Å². The van der Waals surface area contributed by atoms with Crippen molar-refractivity contribution in [2.75, 3.05) is 19.6 Å². The number of nitrogens with one attached hydrogen (secondary N) is 1. The van der Waals surface area contributed by atoms with Crippen LogP contribution >= 0.6 is 15.9 Å². The number of rotatable bonds is 9. The van der Waals surface area contributed by atoms with Gasteiger partial charge < -0.3 is 15.0 Å². The van der Waals surface area contributed by atoms with Crippen LogP contribution < -0.4 is 5.32 Å². The van der Waals surface area contributed by atoms with Gasteiger partial charge in [0.25, 0.3) is 0 Å². The number of aryl methyl sites for hydroxylation is 1. The van der Waals surface area contributed by atoms with E-state index in [0.29, 0.717) is 0 Å². The maximum Gasteiger partial charge on any atom is 0.407 e. The van der Waals surface area contributed by atoms with E-state index < -0.39 is 0 Å². The van der Waals surface area contributed by atoms with Crippen LogP contribution in [0.15, 0.2) is 22.8 Å². The minimum Gasteiger partial charge on any atom is -0.445 e. The van der Waals surface area contributed by atoms with Crippen molar-refractivity contribution in [2.45, 2.75) is 66.0 Å². The lowest BCUT2D eigenvalue weighted by molar-refractivity contribution is 0.0358. The molecule has 6 heteroatoms. The summed E-state index contributed by atoms with van der Waals surface area (Å²) in [5, 5.41) is 2.90. The number of nitrogens with zero attached hydrogens (tertiary/aromatic N) is 2. The van der Waals surface area contributed by atoms with Crippen LogP contribution in [0.5, 0.6) is 0 Å². The summed E-state index contributed by atoms with van der Waals surface area (Å²) in [5.41, 5.74) is 0.743. The van der Waals surface area contributed by atoms with Crippen molar-refractivity contribution in [2.24, 2.45) is 5.92 Å². The second-order valence-corrected chi connectivity index (χ2v) is 8.58. The van der Waals surface area contributed by atoms with Crippen LogP contribution in [0.1, 0.15) is 53.7 Å². The molecule has 26 heavy (non-hydrogen) atoms. The Morgan fingerprint density at radius 2 is 1.96 bits per heavy atom. The molecule has 1 aromatic rings. The first-order chi connectivity index (χ1) is 12.1. The van der Waals surface area contributed by atoms with Crippen LogP contribution in [0.25, 0.3) is 0 Å². The second-order valence-electron chi connectivity index (χ2n) is 7.77. The van der Waals surface area contributed by atoms with Gasteiger partial charge in [0.15, 0.2) is 0 Å². The Morgan fingerprint density at radius 3 is 2.50 bits per heavy atom. The molecular weight excluding hydrogens is 394 g/mol. The predicted molar refractivity (Wildman–Crippen MR) is 110 cm³/mol. The van der Waals surface area contributed by atoms with Crippen molar-refractivity contribution in [1.82, 2.24) is 15.2 Å². The fourth-order valence-corrected chi connectivity index (χ4v) is 3.07. The van der Waals surface area contributed by atoms with Crippen LogP contribution in [0.2, 0.25) is 0 Å². The SMILES string of the molecule is CCN(CC)CC(OC(=O)NC(C)(C)C)C(C)CCc1cccc(Br)n1. The molecule has 148 valence electrons. The van der Waals surface area contributed by atoms with E-state index in [1.54, 1.807) is 0 Å². The molecule has 1 rings (SSSR count). The van der Waals surface area contributed by atoms with Gasteiger partial charge >= 0.3 is 6.09 Å². The molecule has 2 atom stereocenters. The first-order valence-electron chi connectivity index (χ1n) is 9.47. The summed E-state index contributed by atoms with van der Waals surface area (Å²) in [6.45, 7) is 14.9. The van der Waals surface area contributed by atoms with Gasteiger partial charge in [-0.05, 0) is 80.7 Å². The maximum absolute atomic E-state index is 12.3. The number of carbonyl (C=O) groups is 1. The van der Waals surface area contributed by atoms with E-state index in [2.05, 4.69) is 51.9 Å². The number of hydrogen-bond donors (Lipinski definition) is 1. The average Bonchev–Trinajstić information content (AvgIpc) is 2.54. The van der Waals surface area contributed by atoms with Gasteiger partial charge in [-0.25, -0.2) is 9.78 Å². The second kappa shape index (κ2) is 10.9. The third kappa shape index (κ3) is 8.99. The van der Waals surface area contributed by atoms with E-state index in [1.807, 2.05) is 39.0 Å². The molecule has 0 saturated carbocycles. The highest BCUT2D eigenvalue weighted by Gasteiger charge is 2.25. The quantitative estimate of drug-likeness (QED) is 0.582. The predicted octanol–water partition coefficient (Wildman–Crippen LogP) is 4.65. The highest BCUT2D eigenvalue weighted by molar-refractivity contribution is 9.10. The maximum atomic E-state index is 12.3. The number of ether oxygens (including phenoxy) is 1. The van der Waals surface area contributed by atoms with E-state index in [9.17, 15) is 4.79 Å². The molecule has 0 aromatic carbocycles. The number of carbonyl (C=O) groups excluding carboxylic acids is 1. The molecule has 1 amide bonds. The standard InChI is InChI=1S/C20H34BrN3O2/c1-7-24(8-2)14-17(26-19(25)23-20(4,5)6)15(3)12-13-16-10-9-11-18(21)22-16/h9-11,15,17H,7-8,12-14H2,1-6H3,(H,23,25). The molecule has 0 radical (unpaired) electrons. The lowest BCUT2D eigenvalue weighted by atomic mass is 9.97. The molecule has 5 nitrogen and oxygen atoms in total. The molecule has 0 saturated heterocycles. The summed E-state index contributed by atoms with van der Waals surface area (Å²) >= 11 is 3.41. The molecule has 0 fully saturated rings. The Labute approximate surface area is 167 Å². The first kappa shape index (κ1) is 22.9. The van der Waals surface area contributed by atoms with E-state index in [1.165, 1.54) is 0 Å². The average molecular weight is 428 g/mol. The number of pyridine rings is 1. The Kier molecular flexibility index (Phi) is 9.58. The molecular formula is C20H34BrN3O2. The van der Waals surface area contributed by atoms with E-state index in [-0.39, 0.29) is 23.7 Å². The minimum absolute atomic E-state index is 0.149. The number of amides is 1. The zero-order valence-electron chi connectivity index (χ0n) is 17.0. The van der Waals surface area contributed by atoms with Gasteiger partial charge in [0.05, 0.1) is 0 Å². The van der Waals surface area contributed by atoms with Crippen LogP contribution in [0, 0.1) is 5.92 Å². The zero-order chi connectivity index (χ0) is 19.7. The Balaban J connectivity index is 2.73. The van der Waals surface area contributed by atoms with Crippen molar-refractivity contribution in [3.8, 4) is 0 Å². The summed E-state index contributed by atoms with van der Waals surface area (Å²) in [6.07, 6.45) is 1.28. The Hall–Kier alpha value is -1.14. The van der Waals surface area contributed by atoms with E-state index >= 15 is 0 Å². The van der Waals surface area contributed by atoms with Gasteiger partial charge in [-0.1, -0.05) is 26.8 Å². The highest BCUT2D eigenvalue weighted by Crippen LogP contribution is 2.18. The zero-order valence-corrected chi connectivity index (χ0v) is 18.6. The summed E-state index contributed by atoms with van der Waals surface area (Å²) in [5.74, 6) is 0.238. The van der Waals surface area contributed by atoms with Crippen LogP contribution in [-0.4, -0.2) is 47.3 Å². The smallest absolute Gasteiger partial charge is 0.407 e. The first-order valence-corrected chi connectivity index (χ1v) is 10.3. The molecule has 0 aliphatic carbocycles. The number of halogens is 1. The van der Waals surface area contributed by atoms with Gasteiger partial charge in [-0.15, -0.1) is 0 Å². The number of aromatic nitrogens is 1. The molecule has 0 bridgehead atoms. The largest absolute Gasteiger partial charge is 0.445 e. The van der Waals surface area contributed by atoms with Crippen LogP contribution in [0.4, 0.5) is 4.79 Å². The van der Waals surface area contributed by atoms with Crippen molar-refractivity contribution < 1.29 is 9.53 Å². The summed E-state index contributed by atoms with van der Waals surface area (Å²) in [7, 11) is 0. The molecule has 1 N–H and O–H groups in total. The fraction of sp³-hybridized carbons (Fsp3) is 0.700. The Morgan fingerprint density at radius 1 is 1.31 bits per heavy atom. The minimum atomic E-state index is -0.345. The third-order valence-corrected chi connectivity index (χ3v) is 4.77. The molecule has 1 heterocycles.